The van der Waals surface area contributed by atoms with Gasteiger partial charge in [0.15, 0.2) is 0 Å². The molecule has 1 N–H and O–H groups in total. The molecule has 19 heavy (non-hydrogen) atoms. The van der Waals surface area contributed by atoms with E-state index in [1.807, 2.05) is 6.07 Å². The third-order valence-corrected chi connectivity index (χ3v) is 3.71. The van der Waals surface area contributed by atoms with Gasteiger partial charge in [0.1, 0.15) is 0 Å². The van der Waals surface area contributed by atoms with Crippen molar-refractivity contribution in [3.63, 3.8) is 0 Å². The van der Waals surface area contributed by atoms with Gasteiger partial charge >= 0.3 is 5.97 Å². The van der Waals surface area contributed by atoms with Crippen molar-refractivity contribution < 1.29 is 9.90 Å². The highest BCUT2D eigenvalue weighted by atomic mass is 16.4. The van der Waals surface area contributed by atoms with E-state index in [4.69, 9.17) is 0 Å². The monoisotopic (exact) mass is 259 g/mol. The number of hydrogen-bond donors (Lipinski definition) is 1. The number of aliphatic carboxylic acids is 1. The molecule has 0 fully saturated rings. The lowest BCUT2D eigenvalue weighted by molar-refractivity contribution is -0.146. The molecule has 0 saturated carbocycles. The Kier molecular flexibility index (Phi) is 3.40. The molecule has 3 nitrogen and oxygen atoms in total. The van der Waals surface area contributed by atoms with Gasteiger partial charge < -0.3 is 9.67 Å². The first-order valence-corrected chi connectivity index (χ1v) is 6.67. The molecule has 2 rings (SSSR count). The van der Waals surface area contributed by atoms with Crippen molar-refractivity contribution in [1.29, 1.82) is 0 Å². The van der Waals surface area contributed by atoms with Crippen LogP contribution in [-0.4, -0.2) is 15.6 Å². The summed E-state index contributed by atoms with van der Waals surface area (Å²) in [5.41, 5.74) is 2.81. The van der Waals surface area contributed by atoms with Crippen LogP contribution in [0, 0.1) is 12.3 Å². The summed E-state index contributed by atoms with van der Waals surface area (Å²) in [6.07, 6.45) is 0.550. The van der Waals surface area contributed by atoms with Crippen LogP contribution in [0.2, 0.25) is 0 Å². The Morgan fingerprint density at radius 2 is 2.00 bits per heavy atom. The number of carbonyl (C=O) groups is 1. The van der Waals surface area contributed by atoms with Crippen molar-refractivity contribution in [1.82, 2.24) is 4.57 Å². The largest absolute Gasteiger partial charge is 0.481 e. The second kappa shape index (κ2) is 4.72. The van der Waals surface area contributed by atoms with E-state index in [2.05, 4.69) is 36.6 Å². The molecule has 0 aliphatic heterocycles. The molecule has 0 unspecified atom stereocenters. The lowest BCUT2D eigenvalue weighted by atomic mass is 9.86. The van der Waals surface area contributed by atoms with E-state index < -0.39 is 11.4 Å². The molecule has 0 bridgehead atoms. The molecule has 1 heterocycles. The van der Waals surface area contributed by atoms with Gasteiger partial charge in [-0.25, -0.2) is 0 Å². The predicted molar refractivity (Wildman–Crippen MR) is 77.5 cm³/mol. The Hall–Kier alpha value is -1.77. The number of rotatable bonds is 4. The van der Waals surface area contributed by atoms with E-state index in [-0.39, 0.29) is 0 Å². The van der Waals surface area contributed by atoms with Gasteiger partial charge in [0.05, 0.1) is 5.41 Å². The molecule has 0 atom stereocenters. The maximum Gasteiger partial charge on any atom is 0.309 e. The molecule has 0 aliphatic rings. The first-order valence-electron chi connectivity index (χ1n) is 6.67. The maximum absolute atomic E-state index is 11.2. The lowest BCUT2D eigenvalue weighted by Gasteiger charge is -2.19. The second-order valence-electron chi connectivity index (χ2n) is 5.79. The van der Waals surface area contributed by atoms with Crippen LogP contribution >= 0.6 is 0 Å². The van der Waals surface area contributed by atoms with Crippen LogP contribution in [0.3, 0.4) is 0 Å². The Balaban J connectivity index is 2.40. The van der Waals surface area contributed by atoms with Crippen molar-refractivity contribution in [2.24, 2.45) is 5.41 Å². The van der Waals surface area contributed by atoms with Crippen molar-refractivity contribution in [3.8, 4) is 0 Å². The fraction of sp³-hybridized carbons (Fsp3) is 0.438. The third kappa shape index (κ3) is 2.50. The maximum atomic E-state index is 11.2. The van der Waals surface area contributed by atoms with Gasteiger partial charge in [-0.2, -0.15) is 0 Å². The number of aromatic nitrogens is 1. The van der Waals surface area contributed by atoms with Gasteiger partial charge in [-0.3, -0.25) is 4.79 Å². The molecular weight excluding hydrogens is 238 g/mol. The fourth-order valence-electron chi connectivity index (χ4n) is 2.57. The average Bonchev–Trinajstić information content (AvgIpc) is 2.62. The summed E-state index contributed by atoms with van der Waals surface area (Å²) in [4.78, 5) is 11.2. The number of carboxylic acid groups (broad SMARTS) is 1. The molecule has 0 amide bonds. The molecule has 102 valence electrons. The molecule has 0 radical (unpaired) electrons. The van der Waals surface area contributed by atoms with Gasteiger partial charge in [-0.15, -0.1) is 0 Å². The molecule has 0 aliphatic carbocycles. The van der Waals surface area contributed by atoms with Gasteiger partial charge in [-0.05, 0) is 57.9 Å². The predicted octanol–water partition coefficient (Wildman–Crippen LogP) is 3.62. The quantitative estimate of drug-likeness (QED) is 0.911. The van der Waals surface area contributed by atoms with E-state index >= 15 is 0 Å². The van der Waals surface area contributed by atoms with Crippen LogP contribution < -0.4 is 0 Å². The van der Waals surface area contributed by atoms with E-state index in [9.17, 15) is 9.90 Å². The minimum absolute atomic E-state index is 0.550. The first kappa shape index (κ1) is 13.7. The molecule has 3 heteroatoms. The van der Waals surface area contributed by atoms with Crippen LogP contribution in [0.1, 0.15) is 32.0 Å². The Labute approximate surface area is 113 Å². The van der Waals surface area contributed by atoms with Crippen molar-refractivity contribution in [2.75, 3.05) is 0 Å². The highest BCUT2D eigenvalue weighted by Crippen LogP contribution is 2.26. The minimum Gasteiger partial charge on any atom is -0.481 e. The van der Waals surface area contributed by atoms with Crippen molar-refractivity contribution in [2.45, 2.75) is 40.7 Å². The van der Waals surface area contributed by atoms with Crippen molar-refractivity contribution in [3.05, 3.63) is 35.5 Å². The SMILES string of the molecule is CCn1c(C)cc2cc(CC(C)(C)C(=O)O)ccc21. The Morgan fingerprint density at radius 3 is 2.58 bits per heavy atom. The number of aryl methyl sites for hydroxylation is 2. The molecule has 0 spiro atoms. The number of nitrogens with zero attached hydrogens (tertiary/aromatic N) is 1. The van der Waals surface area contributed by atoms with Gasteiger partial charge in [-0.1, -0.05) is 6.07 Å². The van der Waals surface area contributed by atoms with E-state index in [0.29, 0.717) is 6.42 Å². The van der Waals surface area contributed by atoms with Crippen LogP contribution in [0.25, 0.3) is 10.9 Å². The summed E-state index contributed by atoms with van der Waals surface area (Å²) in [6.45, 7) is 8.72. The number of carboxylic acids is 1. The van der Waals surface area contributed by atoms with Crippen LogP contribution in [-0.2, 0) is 17.8 Å². The first-order chi connectivity index (χ1) is 8.85. The number of benzene rings is 1. The highest BCUT2D eigenvalue weighted by molar-refractivity contribution is 5.82. The smallest absolute Gasteiger partial charge is 0.309 e. The summed E-state index contributed by atoms with van der Waals surface area (Å²) < 4.78 is 2.27. The summed E-state index contributed by atoms with van der Waals surface area (Å²) >= 11 is 0. The topological polar surface area (TPSA) is 42.2 Å². The Bertz CT molecular complexity index is 623. The number of hydrogen-bond acceptors (Lipinski definition) is 1. The molecule has 1 aromatic heterocycles. The fourth-order valence-corrected chi connectivity index (χ4v) is 2.57. The second-order valence-corrected chi connectivity index (χ2v) is 5.79. The normalized spacial score (nSPS) is 12.0. The molecular formula is C16H21NO2. The molecule has 2 aromatic rings. The summed E-state index contributed by atoms with van der Waals surface area (Å²) in [5.74, 6) is -0.755. The standard InChI is InChI=1S/C16H21NO2/c1-5-17-11(2)8-13-9-12(6-7-14(13)17)10-16(3,4)15(18)19/h6-9H,5,10H2,1-4H3,(H,18,19). The zero-order chi connectivity index (χ0) is 14.2. The Morgan fingerprint density at radius 1 is 1.32 bits per heavy atom. The summed E-state index contributed by atoms with van der Waals surface area (Å²) in [5, 5.41) is 10.4. The third-order valence-electron chi connectivity index (χ3n) is 3.71. The van der Waals surface area contributed by atoms with Crippen molar-refractivity contribution >= 4 is 16.9 Å². The lowest BCUT2D eigenvalue weighted by Crippen LogP contribution is -2.26. The summed E-state index contributed by atoms with van der Waals surface area (Å²) in [6, 6.07) is 8.41. The van der Waals surface area contributed by atoms with Gasteiger partial charge in [0, 0.05) is 23.1 Å². The van der Waals surface area contributed by atoms with Crippen LogP contribution in [0.4, 0.5) is 0 Å². The average molecular weight is 259 g/mol. The zero-order valence-corrected chi connectivity index (χ0v) is 12.0. The van der Waals surface area contributed by atoms with Gasteiger partial charge in [0.25, 0.3) is 0 Å². The van der Waals surface area contributed by atoms with E-state index in [0.717, 1.165) is 12.1 Å². The minimum atomic E-state index is -0.755. The zero-order valence-electron chi connectivity index (χ0n) is 12.0. The van der Waals surface area contributed by atoms with E-state index in [1.54, 1.807) is 13.8 Å². The van der Waals surface area contributed by atoms with Crippen LogP contribution in [0.5, 0.6) is 0 Å². The van der Waals surface area contributed by atoms with Gasteiger partial charge in [0.2, 0.25) is 0 Å². The molecule has 1 aromatic carbocycles. The summed E-state index contributed by atoms with van der Waals surface area (Å²) in [7, 11) is 0. The van der Waals surface area contributed by atoms with Crippen LogP contribution in [0.15, 0.2) is 24.3 Å². The number of fused-ring (bicyclic) bond motifs is 1. The molecule has 0 saturated heterocycles. The highest BCUT2D eigenvalue weighted by Gasteiger charge is 2.27. The van der Waals surface area contributed by atoms with E-state index in [1.165, 1.54) is 16.6 Å².